The van der Waals surface area contributed by atoms with Gasteiger partial charge in [0.2, 0.25) is 5.91 Å². The third-order valence-corrected chi connectivity index (χ3v) is 6.18. The molecule has 1 saturated heterocycles. The smallest absolute Gasteiger partial charge is 0.224 e. The topological polar surface area (TPSA) is 75.9 Å². The van der Waals surface area contributed by atoms with Crippen molar-refractivity contribution in [3.8, 4) is 5.69 Å². The van der Waals surface area contributed by atoms with Crippen LogP contribution < -0.4 is 10.2 Å². The Morgan fingerprint density at radius 2 is 1.94 bits per heavy atom. The van der Waals surface area contributed by atoms with Crippen LogP contribution in [0, 0.1) is 26.7 Å². The molecule has 1 fully saturated rings. The second-order valence-electron chi connectivity index (χ2n) is 8.60. The standard InChI is InChI=1S/C24H32N6O/c1-5-6-13-25-24(31)19-8-7-14-29(15-19)23-22-21(17(3)26-27-23)18(4)30(28-22)20-11-9-16(2)10-12-20/h9-12,19H,5-8,13-15H2,1-4H3,(H,25,31). The molecule has 0 saturated carbocycles. The average molecular weight is 421 g/mol. The SMILES string of the molecule is CCCCNC(=O)C1CCCN(c2nnc(C)c3c(C)n(-c4ccc(C)cc4)nc23)C1. The molecule has 0 bridgehead atoms. The molecule has 1 aromatic carbocycles. The summed E-state index contributed by atoms with van der Waals surface area (Å²) in [4.78, 5) is 14.8. The number of unbranched alkanes of at least 4 members (excludes halogenated alkanes) is 1. The van der Waals surface area contributed by atoms with E-state index >= 15 is 0 Å². The van der Waals surface area contributed by atoms with E-state index in [1.165, 1.54) is 5.56 Å². The molecule has 0 radical (unpaired) electrons. The molecule has 1 atom stereocenters. The molecule has 7 heteroatoms. The third kappa shape index (κ3) is 4.27. The van der Waals surface area contributed by atoms with Gasteiger partial charge in [0.1, 0.15) is 5.52 Å². The molecule has 0 spiro atoms. The van der Waals surface area contributed by atoms with Crippen LogP contribution in [-0.4, -0.2) is 45.5 Å². The van der Waals surface area contributed by atoms with Crippen LogP contribution in [0.1, 0.15) is 49.6 Å². The number of aromatic nitrogens is 4. The van der Waals surface area contributed by atoms with Gasteiger partial charge < -0.3 is 10.2 Å². The summed E-state index contributed by atoms with van der Waals surface area (Å²) in [5, 5.41) is 18.1. The molecule has 2 aromatic heterocycles. The van der Waals surface area contributed by atoms with Crippen molar-refractivity contribution in [2.45, 2.75) is 53.4 Å². The number of rotatable bonds is 6. The van der Waals surface area contributed by atoms with E-state index in [4.69, 9.17) is 5.10 Å². The van der Waals surface area contributed by atoms with E-state index in [1.54, 1.807) is 0 Å². The quantitative estimate of drug-likeness (QED) is 0.613. The second kappa shape index (κ2) is 9.04. The average Bonchev–Trinajstić information content (AvgIpc) is 3.13. The van der Waals surface area contributed by atoms with Crippen LogP contribution in [0.5, 0.6) is 0 Å². The predicted molar refractivity (Wildman–Crippen MR) is 124 cm³/mol. The zero-order valence-electron chi connectivity index (χ0n) is 19.0. The molecule has 1 N–H and O–H groups in total. The summed E-state index contributed by atoms with van der Waals surface area (Å²) in [6.07, 6.45) is 3.97. The Labute approximate surface area is 183 Å². The number of fused-ring (bicyclic) bond motifs is 1. The molecule has 1 aliphatic rings. The molecular weight excluding hydrogens is 388 g/mol. The Morgan fingerprint density at radius 1 is 1.16 bits per heavy atom. The molecule has 1 amide bonds. The molecule has 164 valence electrons. The van der Waals surface area contributed by atoms with Gasteiger partial charge in [-0.1, -0.05) is 31.0 Å². The fourth-order valence-corrected chi connectivity index (χ4v) is 4.38. The van der Waals surface area contributed by atoms with Crippen molar-refractivity contribution >= 4 is 22.6 Å². The van der Waals surface area contributed by atoms with E-state index in [-0.39, 0.29) is 11.8 Å². The maximum absolute atomic E-state index is 12.6. The number of aryl methyl sites for hydroxylation is 3. The van der Waals surface area contributed by atoms with Crippen molar-refractivity contribution in [1.29, 1.82) is 0 Å². The van der Waals surface area contributed by atoms with Crippen LogP contribution >= 0.6 is 0 Å². The Morgan fingerprint density at radius 3 is 2.68 bits per heavy atom. The minimum absolute atomic E-state index is 0.0240. The fourth-order valence-electron chi connectivity index (χ4n) is 4.38. The highest BCUT2D eigenvalue weighted by Crippen LogP contribution is 2.31. The lowest BCUT2D eigenvalue weighted by molar-refractivity contribution is -0.125. The summed E-state index contributed by atoms with van der Waals surface area (Å²) in [6.45, 7) is 10.5. The third-order valence-electron chi connectivity index (χ3n) is 6.18. The number of nitrogens with zero attached hydrogens (tertiary/aromatic N) is 5. The minimum atomic E-state index is -0.0240. The number of hydrogen-bond acceptors (Lipinski definition) is 5. The van der Waals surface area contributed by atoms with Crippen LogP contribution in [-0.2, 0) is 4.79 Å². The highest BCUT2D eigenvalue weighted by Gasteiger charge is 2.29. The van der Waals surface area contributed by atoms with Gasteiger partial charge in [0, 0.05) is 19.6 Å². The van der Waals surface area contributed by atoms with Crippen molar-refractivity contribution in [1.82, 2.24) is 25.3 Å². The number of piperidine rings is 1. The summed E-state index contributed by atoms with van der Waals surface area (Å²) >= 11 is 0. The van der Waals surface area contributed by atoms with Gasteiger partial charge in [-0.15, -0.1) is 5.10 Å². The molecular formula is C24H32N6O. The van der Waals surface area contributed by atoms with Crippen LogP contribution in [0.2, 0.25) is 0 Å². The monoisotopic (exact) mass is 420 g/mol. The van der Waals surface area contributed by atoms with E-state index in [0.717, 1.165) is 72.6 Å². The number of nitrogens with one attached hydrogen (secondary N) is 1. The number of amides is 1. The predicted octanol–water partition coefficient (Wildman–Crippen LogP) is 3.87. The first kappa shape index (κ1) is 21.3. The number of carbonyl (C=O) groups excluding carboxylic acids is 1. The highest BCUT2D eigenvalue weighted by molar-refractivity contribution is 5.92. The van der Waals surface area contributed by atoms with Gasteiger partial charge >= 0.3 is 0 Å². The van der Waals surface area contributed by atoms with Crippen molar-refractivity contribution in [2.24, 2.45) is 5.92 Å². The first-order valence-electron chi connectivity index (χ1n) is 11.3. The fraction of sp³-hybridized carbons (Fsp3) is 0.500. The van der Waals surface area contributed by atoms with Gasteiger partial charge in [0.15, 0.2) is 5.82 Å². The van der Waals surface area contributed by atoms with E-state index in [9.17, 15) is 4.79 Å². The first-order chi connectivity index (χ1) is 15.0. The van der Waals surface area contributed by atoms with Gasteiger partial charge in [-0.3, -0.25) is 4.79 Å². The summed E-state index contributed by atoms with van der Waals surface area (Å²) in [6, 6.07) is 8.36. The number of benzene rings is 1. The van der Waals surface area contributed by atoms with Crippen LogP contribution in [0.15, 0.2) is 24.3 Å². The highest BCUT2D eigenvalue weighted by atomic mass is 16.1. The summed E-state index contributed by atoms with van der Waals surface area (Å²) in [5.41, 5.74) is 5.03. The Hall–Kier alpha value is -2.96. The van der Waals surface area contributed by atoms with Gasteiger partial charge in [-0.05, 0) is 52.2 Å². The van der Waals surface area contributed by atoms with E-state index in [0.29, 0.717) is 6.54 Å². The number of carbonyl (C=O) groups is 1. The molecule has 3 heterocycles. The molecule has 1 aliphatic heterocycles. The van der Waals surface area contributed by atoms with Gasteiger partial charge in [0.05, 0.1) is 28.4 Å². The molecule has 1 unspecified atom stereocenters. The van der Waals surface area contributed by atoms with Gasteiger partial charge in [0.25, 0.3) is 0 Å². The Kier molecular flexibility index (Phi) is 6.20. The zero-order valence-corrected chi connectivity index (χ0v) is 19.0. The maximum Gasteiger partial charge on any atom is 0.224 e. The molecule has 31 heavy (non-hydrogen) atoms. The minimum Gasteiger partial charge on any atom is -0.356 e. The largest absolute Gasteiger partial charge is 0.356 e. The lowest BCUT2D eigenvalue weighted by atomic mass is 9.97. The van der Waals surface area contributed by atoms with Crippen LogP contribution in [0.4, 0.5) is 5.82 Å². The van der Waals surface area contributed by atoms with Crippen molar-refractivity contribution < 1.29 is 4.79 Å². The number of anilines is 1. The lowest BCUT2D eigenvalue weighted by Crippen LogP contribution is -2.43. The van der Waals surface area contributed by atoms with Gasteiger partial charge in [-0.2, -0.15) is 10.2 Å². The first-order valence-corrected chi connectivity index (χ1v) is 11.3. The summed E-state index contributed by atoms with van der Waals surface area (Å²) < 4.78 is 1.98. The van der Waals surface area contributed by atoms with E-state index in [2.05, 4.69) is 65.5 Å². The molecule has 7 nitrogen and oxygen atoms in total. The second-order valence-corrected chi connectivity index (χ2v) is 8.60. The Balaban J connectivity index is 1.66. The molecule has 4 rings (SSSR count). The molecule has 3 aromatic rings. The lowest BCUT2D eigenvalue weighted by Gasteiger charge is -2.32. The van der Waals surface area contributed by atoms with E-state index < -0.39 is 0 Å². The van der Waals surface area contributed by atoms with Crippen LogP contribution in [0.25, 0.3) is 16.6 Å². The van der Waals surface area contributed by atoms with Crippen molar-refractivity contribution in [3.05, 3.63) is 41.2 Å². The normalized spacial score (nSPS) is 16.6. The molecule has 0 aliphatic carbocycles. The zero-order chi connectivity index (χ0) is 22.0. The summed E-state index contributed by atoms with van der Waals surface area (Å²) in [5.74, 6) is 0.903. The van der Waals surface area contributed by atoms with Crippen LogP contribution in [0.3, 0.4) is 0 Å². The maximum atomic E-state index is 12.6. The van der Waals surface area contributed by atoms with E-state index in [1.807, 2.05) is 11.6 Å². The van der Waals surface area contributed by atoms with Crippen molar-refractivity contribution in [3.63, 3.8) is 0 Å². The van der Waals surface area contributed by atoms with Gasteiger partial charge in [-0.25, -0.2) is 4.68 Å². The number of hydrogen-bond donors (Lipinski definition) is 1. The Bertz CT molecular complexity index is 1070. The summed E-state index contributed by atoms with van der Waals surface area (Å²) in [7, 11) is 0. The van der Waals surface area contributed by atoms with Crippen molar-refractivity contribution in [2.75, 3.05) is 24.5 Å².